The van der Waals surface area contributed by atoms with Crippen molar-refractivity contribution in [3.05, 3.63) is 0 Å². The van der Waals surface area contributed by atoms with Crippen molar-refractivity contribution >= 4 is 18.2 Å². The van der Waals surface area contributed by atoms with Gasteiger partial charge in [-0.2, -0.15) is 0 Å². The number of hydrogen-bond acceptors (Lipinski definition) is 3. The van der Waals surface area contributed by atoms with Crippen LogP contribution in [0.15, 0.2) is 0 Å². The molecule has 0 aliphatic carbocycles. The summed E-state index contributed by atoms with van der Waals surface area (Å²) in [7, 11) is 0. The summed E-state index contributed by atoms with van der Waals surface area (Å²) in [6, 6.07) is -0.736. The Hall–Kier alpha value is -1.39. The Morgan fingerprint density at radius 3 is 1.61 bits per heavy atom. The highest BCUT2D eigenvalue weighted by atomic mass is 16.4. The second-order valence-electron chi connectivity index (χ2n) is 7.90. The third-order valence-electron chi connectivity index (χ3n) is 5.19. The Labute approximate surface area is 172 Å². The third kappa shape index (κ3) is 18.0. The number of unbranched alkanes of at least 4 members (excludes halogenated alkanes) is 14. The number of amides is 1. The number of hydrogen-bond donors (Lipinski definition) is 2. The van der Waals surface area contributed by atoms with Gasteiger partial charge in [0, 0.05) is 12.8 Å². The molecule has 0 aromatic rings. The molecule has 0 spiro atoms. The molecule has 5 nitrogen and oxygen atoms in total. The van der Waals surface area contributed by atoms with E-state index in [2.05, 4.69) is 5.32 Å². The van der Waals surface area contributed by atoms with Crippen LogP contribution in [0.2, 0.25) is 0 Å². The first kappa shape index (κ1) is 26.6. The summed E-state index contributed by atoms with van der Waals surface area (Å²) in [4.78, 5) is 33.0. The summed E-state index contributed by atoms with van der Waals surface area (Å²) >= 11 is 0. The van der Waals surface area contributed by atoms with Gasteiger partial charge in [-0.25, -0.2) is 4.79 Å². The van der Waals surface area contributed by atoms with E-state index < -0.39 is 12.0 Å². The van der Waals surface area contributed by atoms with Crippen molar-refractivity contribution in [2.45, 2.75) is 129 Å². The van der Waals surface area contributed by atoms with E-state index >= 15 is 0 Å². The lowest BCUT2D eigenvalue weighted by Gasteiger charge is -2.13. The Kier molecular flexibility index (Phi) is 19.3. The number of aldehydes is 1. The van der Waals surface area contributed by atoms with E-state index in [0.717, 1.165) is 44.8 Å². The number of carbonyl (C=O) groups excluding carboxylic acids is 2. The van der Waals surface area contributed by atoms with Gasteiger partial charge in [-0.1, -0.05) is 90.4 Å². The van der Waals surface area contributed by atoms with Gasteiger partial charge in [0.05, 0.1) is 0 Å². The van der Waals surface area contributed by atoms with Crippen LogP contribution in [-0.4, -0.2) is 29.3 Å². The molecule has 1 amide bonds. The molecule has 0 aromatic heterocycles. The van der Waals surface area contributed by atoms with Gasteiger partial charge in [0.15, 0.2) is 0 Å². The van der Waals surface area contributed by atoms with Crippen LogP contribution in [-0.2, 0) is 14.4 Å². The third-order valence-corrected chi connectivity index (χ3v) is 5.19. The first-order valence-corrected chi connectivity index (χ1v) is 11.6. The van der Waals surface area contributed by atoms with E-state index in [4.69, 9.17) is 5.11 Å². The maximum Gasteiger partial charge on any atom is 0.326 e. The van der Waals surface area contributed by atoms with Gasteiger partial charge in [-0.3, -0.25) is 4.79 Å². The Morgan fingerprint density at radius 1 is 0.786 bits per heavy atom. The van der Waals surface area contributed by atoms with E-state index in [0.29, 0.717) is 12.8 Å². The smallest absolute Gasteiger partial charge is 0.326 e. The molecule has 0 bridgehead atoms. The predicted molar refractivity (Wildman–Crippen MR) is 114 cm³/mol. The number of rotatable bonds is 21. The van der Waals surface area contributed by atoms with Crippen LogP contribution >= 0.6 is 0 Å². The van der Waals surface area contributed by atoms with Gasteiger partial charge >= 0.3 is 5.97 Å². The quantitative estimate of drug-likeness (QED) is 0.189. The molecule has 0 fully saturated rings. The molecule has 0 saturated carbocycles. The van der Waals surface area contributed by atoms with Crippen molar-refractivity contribution in [2.24, 2.45) is 0 Å². The summed E-state index contributed by atoms with van der Waals surface area (Å²) in [5.41, 5.74) is 0. The van der Waals surface area contributed by atoms with E-state index in [1.165, 1.54) is 64.2 Å². The number of carboxylic acid groups (broad SMARTS) is 1. The largest absolute Gasteiger partial charge is 0.480 e. The fraction of sp³-hybridized carbons (Fsp3) is 0.870. The van der Waals surface area contributed by atoms with Crippen molar-refractivity contribution in [1.82, 2.24) is 5.32 Å². The molecule has 0 aromatic carbocycles. The monoisotopic (exact) mass is 397 g/mol. The molecular formula is C23H43NO4. The summed E-state index contributed by atoms with van der Waals surface area (Å²) in [5, 5.41) is 11.7. The number of carbonyl (C=O) groups is 3. The molecule has 0 radical (unpaired) electrons. The number of nitrogens with one attached hydrogen (secondary N) is 1. The number of carboxylic acids is 1. The van der Waals surface area contributed by atoms with Crippen molar-refractivity contribution in [3.8, 4) is 0 Å². The Balaban J connectivity index is 3.32. The molecule has 28 heavy (non-hydrogen) atoms. The second-order valence-corrected chi connectivity index (χ2v) is 7.90. The van der Waals surface area contributed by atoms with Crippen LogP contribution in [0.3, 0.4) is 0 Å². The highest BCUT2D eigenvalue weighted by molar-refractivity contribution is 5.83. The highest BCUT2D eigenvalue weighted by Gasteiger charge is 2.18. The van der Waals surface area contributed by atoms with Crippen LogP contribution in [0.5, 0.6) is 0 Å². The molecule has 0 aliphatic rings. The van der Waals surface area contributed by atoms with Crippen molar-refractivity contribution in [3.63, 3.8) is 0 Å². The molecule has 2 N–H and O–H groups in total. The summed E-state index contributed by atoms with van der Waals surface area (Å²) in [6.45, 7) is 1.92. The zero-order valence-corrected chi connectivity index (χ0v) is 18.1. The summed E-state index contributed by atoms with van der Waals surface area (Å²) < 4.78 is 0. The van der Waals surface area contributed by atoms with Gasteiger partial charge in [0.25, 0.3) is 0 Å². The lowest BCUT2D eigenvalue weighted by Crippen LogP contribution is -2.40. The molecule has 0 aliphatic heterocycles. The lowest BCUT2D eigenvalue weighted by molar-refractivity contribution is -0.142. The predicted octanol–water partition coefficient (Wildman–Crippen LogP) is 5.80. The first-order valence-electron chi connectivity index (χ1n) is 11.6. The standard InChI is InChI=1S/C23H43NO4/c1-2-18-21(23(27)28)24-22(26)19-16-14-12-10-8-6-4-3-5-7-9-11-13-15-17-20-25/h20-21H,2-19H2,1H3,(H,24,26)(H,27,28). The Bertz CT molecular complexity index is 398. The van der Waals surface area contributed by atoms with Gasteiger partial charge in [-0.15, -0.1) is 0 Å². The van der Waals surface area contributed by atoms with E-state index in [9.17, 15) is 14.4 Å². The first-order chi connectivity index (χ1) is 13.6. The van der Waals surface area contributed by atoms with Crippen LogP contribution in [0, 0.1) is 0 Å². The topological polar surface area (TPSA) is 83.5 Å². The van der Waals surface area contributed by atoms with Crippen LogP contribution in [0.25, 0.3) is 0 Å². The molecule has 1 unspecified atom stereocenters. The summed E-state index contributed by atoms with van der Waals surface area (Å²) in [6.07, 6.45) is 20.4. The fourth-order valence-corrected chi connectivity index (χ4v) is 3.45. The Morgan fingerprint density at radius 2 is 1.21 bits per heavy atom. The van der Waals surface area contributed by atoms with E-state index in [1.54, 1.807) is 0 Å². The highest BCUT2D eigenvalue weighted by Crippen LogP contribution is 2.13. The lowest BCUT2D eigenvalue weighted by atomic mass is 10.0. The minimum Gasteiger partial charge on any atom is -0.480 e. The van der Waals surface area contributed by atoms with Crippen LogP contribution < -0.4 is 5.32 Å². The average molecular weight is 398 g/mol. The van der Waals surface area contributed by atoms with Crippen molar-refractivity contribution in [1.29, 1.82) is 0 Å². The van der Waals surface area contributed by atoms with E-state index in [1.807, 2.05) is 6.92 Å². The molecule has 0 rings (SSSR count). The van der Waals surface area contributed by atoms with Gasteiger partial charge in [0.1, 0.15) is 12.3 Å². The number of aliphatic carboxylic acids is 1. The summed E-state index contributed by atoms with van der Waals surface area (Å²) in [5.74, 6) is -1.07. The van der Waals surface area contributed by atoms with E-state index in [-0.39, 0.29) is 5.91 Å². The van der Waals surface area contributed by atoms with Gasteiger partial charge in [0.2, 0.25) is 5.91 Å². The zero-order chi connectivity index (χ0) is 20.9. The second kappa shape index (κ2) is 20.3. The van der Waals surface area contributed by atoms with Gasteiger partial charge < -0.3 is 15.2 Å². The molecule has 0 saturated heterocycles. The SMILES string of the molecule is CCCC(NC(=O)CCCCCCCCCCCCCCCCC=O)C(=O)O. The minimum absolute atomic E-state index is 0.135. The normalized spacial score (nSPS) is 11.9. The van der Waals surface area contributed by atoms with Crippen LogP contribution in [0.1, 0.15) is 122 Å². The van der Waals surface area contributed by atoms with Gasteiger partial charge in [-0.05, 0) is 19.3 Å². The minimum atomic E-state index is -0.940. The van der Waals surface area contributed by atoms with Crippen molar-refractivity contribution < 1.29 is 19.5 Å². The maximum absolute atomic E-state index is 11.8. The molecule has 1 atom stereocenters. The fourth-order valence-electron chi connectivity index (χ4n) is 3.45. The zero-order valence-electron chi connectivity index (χ0n) is 18.1. The van der Waals surface area contributed by atoms with Crippen molar-refractivity contribution in [2.75, 3.05) is 0 Å². The maximum atomic E-state index is 11.8. The molecule has 0 heterocycles. The molecule has 164 valence electrons. The average Bonchev–Trinajstić information content (AvgIpc) is 2.67. The molecular weight excluding hydrogens is 354 g/mol. The molecule has 5 heteroatoms. The van der Waals surface area contributed by atoms with Crippen LogP contribution in [0.4, 0.5) is 0 Å².